The zero-order valence-corrected chi connectivity index (χ0v) is 12.8. The molecule has 1 aromatic carbocycles. The molecule has 0 bridgehead atoms. The van der Waals surface area contributed by atoms with Crippen LogP contribution in [0.5, 0.6) is 0 Å². The molecule has 0 N–H and O–H groups in total. The Kier molecular flexibility index (Phi) is 4.49. The molecule has 1 aromatic heterocycles. The largest absolute Gasteiger partial charge is 0.367 e. The minimum absolute atomic E-state index is 0.151. The summed E-state index contributed by atoms with van der Waals surface area (Å²) in [7, 11) is 0. The summed E-state index contributed by atoms with van der Waals surface area (Å²) in [6.45, 7) is 6.70. The van der Waals surface area contributed by atoms with Crippen LogP contribution in [0.2, 0.25) is 0 Å². The van der Waals surface area contributed by atoms with Crippen LogP contribution in [0.3, 0.4) is 0 Å². The van der Waals surface area contributed by atoms with Gasteiger partial charge in [0, 0.05) is 19.1 Å². The van der Waals surface area contributed by atoms with Crippen LogP contribution in [0.25, 0.3) is 0 Å². The molecule has 5 nitrogen and oxygen atoms in total. The van der Waals surface area contributed by atoms with Crippen molar-refractivity contribution in [3.05, 3.63) is 47.4 Å². The van der Waals surface area contributed by atoms with Gasteiger partial charge in [0.2, 0.25) is 11.7 Å². The summed E-state index contributed by atoms with van der Waals surface area (Å²) in [5.41, 5.74) is 0.935. The van der Waals surface area contributed by atoms with Crippen molar-refractivity contribution in [2.24, 2.45) is 0 Å². The van der Waals surface area contributed by atoms with Gasteiger partial charge in [-0.1, -0.05) is 17.3 Å². The van der Waals surface area contributed by atoms with Crippen molar-refractivity contribution in [2.75, 3.05) is 19.7 Å². The quantitative estimate of drug-likeness (QED) is 0.869. The number of rotatable bonds is 4. The Balaban J connectivity index is 1.66. The van der Waals surface area contributed by atoms with Gasteiger partial charge in [0.05, 0.1) is 13.0 Å². The number of ether oxygens (including phenoxy) is 1. The molecular weight excluding hydrogens is 285 g/mol. The van der Waals surface area contributed by atoms with Gasteiger partial charge in [-0.05, 0) is 31.5 Å². The number of nitrogens with zero attached hydrogens (tertiary/aromatic N) is 3. The smallest absolute Gasteiger partial charge is 0.231 e. The number of benzene rings is 1. The monoisotopic (exact) mass is 305 g/mol. The molecule has 0 spiro atoms. The molecule has 1 atom stereocenters. The molecule has 0 aliphatic carbocycles. The first-order chi connectivity index (χ1) is 10.6. The van der Waals surface area contributed by atoms with Crippen molar-refractivity contribution in [1.82, 2.24) is 15.0 Å². The fraction of sp³-hybridized carbons (Fsp3) is 0.500. The standard InChI is InChI=1S/C16H20FN3O2/c1-11(2)20-7-8-21-14(10-20)16-18-15(22-19-16)9-12-3-5-13(17)6-4-12/h3-6,11,14H,7-10H2,1-2H3. The van der Waals surface area contributed by atoms with Crippen molar-refractivity contribution in [3.63, 3.8) is 0 Å². The van der Waals surface area contributed by atoms with Crippen LogP contribution in [0.15, 0.2) is 28.8 Å². The Morgan fingerprint density at radius 2 is 2.09 bits per heavy atom. The number of hydrogen-bond donors (Lipinski definition) is 0. The molecular formula is C16H20FN3O2. The van der Waals surface area contributed by atoms with E-state index in [1.54, 1.807) is 12.1 Å². The Labute approximate surface area is 129 Å². The molecule has 118 valence electrons. The SMILES string of the molecule is CC(C)N1CCOC(c2noc(Cc3ccc(F)cc3)n2)C1. The van der Waals surface area contributed by atoms with E-state index in [1.165, 1.54) is 12.1 Å². The Bertz CT molecular complexity index is 612. The summed E-state index contributed by atoms with van der Waals surface area (Å²) in [5, 5.41) is 4.04. The first-order valence-electron chi connectivity index (χ1n) is 7.54. The van der Waals surface area contributed by atoms with Crippen molar-refractivity contribution in [3.8, 4) is 0 Å². The molecule has 1 unspecified atom stereocenters. The van der Waals surface area contributed by atoms with Crippen LogP contribution < -0.4 is 0 Å². The molecule has 3 rings (SSSR count). The number of morpholine rings is 1. The lowest BCUT2D eigenvalue weighted by molar-refractivity contribution is -0.0450. The molecule has 1 aliphatic rings. The van der Waals surface area contributed by atoms with Gasteiger partial charge in [-0.25, -0.2) is 4.39 Å². The molecule has 0 amide bonds. The Morgan fingerprint density at radius 1 is 1.32 bits per heavy atom. The van der Waals surface area contributed by atoms with Crippen molar-refractivity contribution < 1.29 is 13.7 Å². The van der Waals surface area contributed by atoms with Crippen molar-refractivity contribution in [2.45, 2.75) is 32.4 Å². The fourth-order valence-corrected chi connectivity index (χ4v) is 2.54. The van der Waals surface area contributed by atoms with Crippen molar-refractivity contribution >= 4 is 0 Å². The molecule has 6 heteroatoms. The van der Waals surface area contributed by atoms with E-state index < -0.39 is 0 Å². The maximum absolute atomic E-state index is 12.9. The predicted molar refractivity (Wildman–Crippen MR) is 78.9 cm³/mol. The third-order valence-electron chi connectivity index (χ3n) is 3.87. The van der Waals surface area contributed by atoms with Gasteiger partial charge in [0.1, 0.15) is 11.9 Å². The summed E-state index contributed by atoms with van der Waals surface area (Å²) in [6.07, 6.45) is 0.343. The van der Waals surface area contributed by atoms with Crippen LogP contribution in [-0.4, -0.2) is 40.8 Å². The lowest BCUT2D eigenvalue weighted by atomic mass is 10.1. The van der Waals surface area contributed by atoms with Gasteiger partial charge in [-0.15, -0.1) is 0 Å². The van der Waals surface area contributed by atoms with Gasteiger partial charge in [0.25, 0.3) is 0 Å². The average Bonchev–Trinajstić information content (AvgIpc) is 2.98. The molecule has 1 aliphatic heterocycles. The number of halogens is 1. The van der Waals surface area contributed by atoms with Crippen LogP contribution in [0.4, 0.5) is 4.39 Å². The van der Waals surface area contributed by atoms with Gasteiger partial charge in [-0.2, -0.15) is 4.98 Å². The number of hydrogen-bond acceptors (Lipinski definition) is 5. The van der Waals surface area contributed by atoms with Crippen LogP contribution >= 0.6 is 0 Å². The first-order valence-corrected chi connectivity index (χ1v) is 7.54. The van der Waals surface area contributed by atoms with Gasteiger partial charge in [-0.3, -0.25) is 4.90 Å². The highest BCUT2D eigenvalue weighted by Gasteiger charge is 2.27. The molecule has 1 saturated heterocycles. The highest BCUT2D eigenvalue weighted by molar-refractivity contribution is 5.19. The van der Waals surface area contributed by atoms with Gasteiger partial charge in [0.15, 0.2) is 0 Å². The Hall–Kier alpha value is -1.79. The summed E-state index contributed by atoms with van der Waals surface area (Å²) in [5.74, 6) is 0.855. The van der Waals surface area contributed by atoms with E-state index in [9.17, 15) is 4.39 Å². The Morgan fingerprint density at radius 3 is 2.82 bits per heavy atom. The second kappa shape index (κ2) is 6.54. The fourth-order valence-electron chi connectivity index (χ4n) is 2.54. The normalized spacial score (nSPS) is 19.7. The highest BCUT2D eigenvalue weighted by atomic mass is 19.1. The lowest BCUT2D eigenvalue weighted by Crippen LogP contribution is -2.42. The van der Waals surface area contributed by atoms with E-state index in [0.29, 0.717) is 30.8 Å². The highest BCUT2D eigenvalue weighted by Crippen LogP contribution is 2.21. The lowest BCUT2D eigenvalue weighted by Gasteiger charge is -2.34. The third kappa shape index (κ3) is 3.51. The zero-order chi connectivity index (χ0) is 15.5. The van der Waals surface area contributed by atoms with E-state index in [0.717, 1.165) is 18.7 Å². The van der Waals surface area contributed by atoms with Gasteiger partial charge >= 0.3 is 0 Å². The third-order valence-corrected chi connectivity index (χ3v) is 3.87. The van der Waals surface area contributed by atoms with E-state index >= 15 is 0 Å². The molecule has 22 heavy (non-hydrogen) atoms. The summed E-state index contributed by atoms with van der Waals surface area (Å²) in [4.78, 5) is 6.76. The number of aromatic nitrogens is 2. The second-order valence-electron chi connectivity index (χ2n) is 5.80. The molecule has 1 fully saturated rings. The zero-order valence-electron chi connectivity index (χ0n) is 12.8. The predicted octanol–water partition coefficient (Wildman–Crippen LogP) is 2.58. The molecule has 0 saturated carbocycles. The summed E-state index contributed by atoms with van der Waals surface area (Å²) >= 11 is 0. The van der Waals surface area contributed by atoms with Gasteiger partial charge < -0.3 is 9.26 Å². The minimum Gasteiger partial charge on any atom is -0.367 e. The van der Waals surface area contributed by atoms with E-state index in [4.69, 9.17) is 9.26 Å². The summed E-state index contributed by atoms with van der Waals surface area (Å²) < 4.78 is 23.9. The van der Waals surface area contributed by atoms with Crippen molar-refractivity contribution in [1.29, 1.82) is 0 Å². The van der Waals surface area contributed by atoms with E-state index in [2.05, 4.69) is 28.9 Å². The van der Waals surface area contributed by atoms with Crippen LogP contribution in [-0.2, 0) is 11.2 Å². The first kappa shape index (κ1) is 15.1. The van der Waals surface area contributed by atoms with Crippen LogP contribution in [0.1, 0.15) is 37.2 Å². The average molecular weight is 305 g/mol. The van der Waals surface area contributed by atoms with Crippen LogP contribution in [0, 0.1) is 5.82 Å². The van der Waals surface area contributed by atoms with E-state index in [-0.39, 0.29) is 11.9 Å². The molecule has 2 heterocycles. The summed E-state index contributed by atoms with van der Waals surface area (Å²) in [6, 6.07) is 6.76. The molecule has 2 aromatic rings. The minimum atomic E-state index is -0.251. The maximum Gasteiger partial charge on any atom is 0.231 e. The van der Waals surface area contributed by atoms with E-state index in [1.807, 2.05) is 0 Å². The topological polar surface area (TPSA) is 51.4 Å². The second-order valence-corrected chi connectivity index (χ2v) is 5.80. The maximum atomic E-state index is 12.9. The molecule has 0 radical (unpaired) electrons.